The van der Waals surface area contributed by atoms with Crippen LogP contribution in [-0.2, 0) is 0 Å². The maximum atomic E-state index is 4.47. The van der Waals surface area contributed by atoms with E-state index in [2.05, 4.69) is 59.7 Å². The van der Waals surface area contributed by atoms with Crippen molar-refractivity contribution in [2.45, 2.75) is 50.4 Å². The summed E-state index contributed by atoms with van der Waals surface area (Å²) >= 11 is 2.06. The molecular formula is C15H31IN4S. The number of nitrogens with zero attached hydrogens (tertiary/aromatic N) is 3. The molecule has 1 aliphatic carbocycles. The van der Waals surface area contributed by atoms with Crippen LogP contribution in [0.25, 0.3) is 0 Å². The fourth-order valence-corrected chi connectivity index (χ4v) is 3.87. The Hall–Kier alpha value is 0.310. The second kappa shape index (κ2) is 8.24. The van der Waals surface area contributed by atoms with E-state index in [1.165, 1.54) is 18.6 Å². The molecular weight excluding hydrogens is 395 g/mol. The maximum absolute atomic E-state index is 4.47. The summed E-state index contributed by atoms with van der Waals surface area (Å²) in [6.07, 6.45) is 2.74. The molecule has 1 saturated heterocycles. The number of guanidine groups is 1. The minimum Gasteiger partial charge on any atom is -0.355 e. The highest BCUT2D eigenvalue weighted by Gasteiger charge is 2.31. The molecule has 0 bridgehead atoms. The van der Waals surface area contributed by atoms with Crippen LogP contribution in [0.2, 0.25) is 0 Å². The average molecular weight is 426 g/mol. The molecule has 2 rings (SSSR count). The molecule has 6 heteroatoms. The van der Waals surface area contributed by atoms with Gasteiger partial charge < -0.3 is 10.2 Å². The van der Waals surface area contributed by atoms with E-state index in [4.69, 9.17) is 0 Å². The lowest BCUT2D eigenvalue weighted by molar-refractivity contribution is 0.245. The molecule has 1 unspecified atom stereocenters. The van der Waals surface area contributed by atoms with Crippen LogP contribution in [-0.4, -0.2) is 72.1 Å². The normalized spacial score (nSPS) is 23.7. The maximum Gasteiger partial charge on any atom is 0.193 e. The zero-order valence-electron chi connectivity index (χ0n) is 14.1. The van der Waals surface area contributed by atoms with E-state index in [1.54, 1.807) is 0 Å². The zero-order valence-corrected chi connectivity index (χ0v) is 17.2. The summed E-state index contributed by atoms with van der Waals surface area (Å²) in [5.41, 5.74) is 0. The Morgan fingerprint density at radius 2 is 2.14 bits per heavy atom. The van der Waals surface area contributed by atoms with Crippen LogP contribution in [0.15, 0.2) is 4.99 Å². The summed E-state index contributed by atoms with van der Waals surface area (Å²) in [6.45, 7) is 10.1. The zero-order chi connectivity index (χ0) is 14.8. The molecule has 21 heavy (non-hydrogen) atoms. The van der Waals surface area contributed by atoms with Crippen LogP contribution in [0, 0.1) is 0 Å². The molecule has 124 valence electrons. The third-order valence-corrected chi connectivity index (χ3v) is 5.61. The summed E-state index contributed by atoms with van der Waals surface area (Å²) in [5.74, 6) is 2.25. The van der Waals surface area contributed by atoms with Gasteiger partial charge in [0.25, 0.3) is 0 Å². The van der Waals surface area contributed by atoms with Gasteiger partial charge in [0.05, 0.1) is 0 Å². The topological polar surface area (TPSA) is 30.9 Å². The second-order valence-electron chi connectivity index (χ2n) is 6.70. The summed E-state index contributed by atoms with van der Waals surface area (Å²) in [7, 11) is 4.14. The number of hydrogen-bond acceptors (Lipinski definition) is 3. The van der Waals surface area contributed by atoms with Crippen LogP contribution in [0.4, 0.5) is 0 Å². The lowest BCUT2D eigenvalue weighted by Crippen LogP contribution is -2.53. The molecule has 2 fully saturated rings. The molecule has 0 aromatic carbocycles. The number of rotatable bonds is 4. The molecule has 1 N–H and O–H groups in total. The van der Waals surface area contributed by atoms with Crippen molar-refractivity contribution >= 4 is 41.7 Å². The number of halogens is 1. The Morgan fingerprint density at radius 3 is 2.67 bits per heavy atom. The quantitative estimate of drug-likeness (QED) is 0.425. The van der Waals surface area contributed by atoms with Crippen molar-refractivity contribution in [1.29, 1.82) is 0 Å². The Labute approximate surface area is 151 Å². The summed E-state index contributed by atoms with van der Waals surface area (Å²) in [4.78, 5) is 9.37. The summed E-state index contributed by atoms with van der Waals surface area (Å²) in [6, 6.07) is 1.38. The Morgan fingerprint density at radius 1 is 1.48 bits per heavy atom. The molecule has 0 aromatic rings. The van der Waals surface area contributed by atoms with E-state index in [0.29, 0.717) is 10.8 Å². The average Bonchev–Trinajstić information content (AvgIpc) is 3.21. The fourth-order valence-electron chi connectivity index (χ4n) is 2.75. The highest BCUT2D eigenvalue weighted by molar-refractivity contribution is 14.0. The van der Waals surface area contributed by atoms with E-state index in [-0.39, 0.29) is 24.0 Å². The van der Waals surface area contributed by atoms with Crippen LogP contribution in [0.3, 0.4) is 0 Å². The Balaban J connectivity index is 0.00000220. The lowest BCUT2D eigenvalue weighted by atomic mass is 10.2. The van der Waals surface area contributed by atoms with E-state index in [1.807, 2.05) is 7.05 Å². The van der Waals surface area contributed by atoms with Crippen molar-refractivity contribution in [1.82, 2.24) is 15.1 Å². The number of aliphatic imine (C=N–C) groups is 1. The number of likely N-dealkylation sites (N-methyl/N-ethyl adjacent to an activating group) is 1. The predicted octanol–water partition coefficient (Wildman–Crippen LogP) is 2.49. The SMILES string of the molecule is CN=C(NCC(C)N(C)C1CC1)N1CCSC(C)(C)C1.I. The molecule has 2 aliphatic rings. The van der Waals surface area contributed by atoms with E-state index in [9.17, 15) is 0 Å². The van der Waals surface area contributed by atoms with Gasteiger partial charge in [-0.15, -0.1) is 24.0 Å². The van der Waals surface area contributed by atoms with Gasteiger partial charge in [0.1, 0.15) is 0 Å². The van der Waals surface area contributed by atoms with Gasteiger partial charge in [-0.3, -0.25) is 9.89 Å². The molecule has 4 nitrogen and oxygen atoms in total. The third kappa shape index (κ3) is 5.78. The Bertz CT molecular complexity index is 358. The standard InChI is InChI=1S/C15H30N4S.HI/c1-12(18(5)13-6-7-13)10-17-14(16-4)19-8-9-20-15(2,3)11-19;/h12-13H,6-11H2,1-5H3,(H,16,17);1H. The van der Waals surface area contributed by atoms with Crippen LogP contribution < -0.4 is 5.32 Å². The predicted molar refractivity (Wildman–Crippen MR) is 105 cm³/mol. The second-order valence-corrected chi connectivity index (χ2v) is 8.51. The monoisotopic (exact) mass is 426 g/mol. The molecule has 1 saturated carbocycles. The minimum atomic E-state index is 0. The lowest BCUT2D eigenvalue weighted by Gasteiger charge is -2.39. The first-order valence-corrected chi connectivity index (χ1v) is 8.73. The minimum absolute atomic E-state index is 0. The van der Waals surface area contributed by atoms with E-state index < -0.39 is 0 Å². The van der Waals surface area contributed by atoms with Crippen molar-refractivity contribution in [3.8, 4) is 0 Å². The largest absolute Gasteiger partial charge is 0.355 e. The first-order chi connectivity index (χ1) is 9.43. The summed E-state index contributed by atoms with van der Waals surface area (Å²) < 4.78 is 0.326. The van der Waals surface area contributed by atoms with Crippen molar-refractivity contribution in [3.05, 3.63) is 0 Å². The highest BCUT2D eigenvalue weighted by atomic mass is 127. The number of nitrogens with one attached hydrogen (secondary N) is 1. The van der Waals surface area contributed by atoms with Crippen molar-refractivity contribution < 1.29 is 0 Å². The molecule has 0 aromatic heterocycles. The van der Waals surface area contributed by atoms with Gasteiger partial charge in [0, 0.05) is 49.3 Å². The van der Waals surface area contributed by atoms with Crippen LogP contribution >= 0.6 is 35.7 Å². The first kappa shape index (κ1) is 19.4. The van der Waals surface area contributed by atoms with E-state index >= 15 is 0 Å². The Kier molecular flexibility index (Phi) is 7.60. The molecule has 1 heterocycles. The van der Waals surface area contributed by atoms with Crippen molar-refractivity contribution in [2.75, 3.05) is 39.5 Å². The molecule has 0 radical (unpaired) electrons. The van der Waals surface area contributed by atoms with Crippen molar-refractivity contribution in [3.63, 3.8) is 0 Å². The van der Waals surface area contributed by atoms with Gasteiger partial charge in [-0.1, -0.05) is 0 Å². The molecule has 0 spiro atoms. The first-order valence-electron chi connectivity index (χ1n) is 7.74. The van der Waals surface area contributed by atoms with E-state index in [0.717, 1.165) is 31.6 Å². The van der Waals surface area contributed by atoms with Crippen LogP contribution in [0.5, 0.6) is 0 Å². The molecule has 1 aliphatic heterocycles. The van der Waals surface area contributed by atoms with Gasteiger partial charge in [-0.2, -0.15) is 11.8 Å². The van der Waals surface area contributed by atoms with Gasteiger partial charge in [0.15, 0.2) is 5.96 Å². The fraction of sp³-hybridized carbons (Fsp3) is 0.933. The molecule has 1 atom stereocenters. The van der Waals surface area contributed by atoms with Gasteiger partial charge in [-0.05, 0) is 40.7 Å². The van der Waals surface area contributed by atoms with Gasteiger partial charge in [0.2, 0.25) is 0 Å². The number of thioether (sulfide) groups is 1. The third-order valence-electron chi connectivity index (χ3n) is 4.31. The smallest absolute Gasteiger partial charge is 0.193 e. The van der Waals surface area contributed by atoms with Gasteiger partial charge in [-0.25, -0.2) is 0 Å². The number of hydrogen-bond donors (Lipinski definition) is 1. The van der Waals surface area contributed by atoms with Crippen LogP contribution in [0.1, 0.15) is 33.6 Å². The summed E-state index contributed by atoms with van der Waals surface area (Å²) in [5, 5.41) is 3.57. The van der Waals surface area contributed by atoms with Crippen molar-refractivity contribution in [2.24, 2.45) is 4.99 Å². The molecule has 0 amide bonds. The highest BCUT2D eigenvalue weighted by Crippen LogP contribution is 2.29. The van der Waals surface area contributed by atoms with Gasteiger partial charge >= 0.3 is 0 Å².